The van der Waals surface area contributed by atoms with E-state index in [4.69, 9.17) is 15.0 Å². The van der Waals surface area contributed by atoms with E-state index in [2.05, 4.69) is 4.74 Å². The van der Waals surface area contributed by atoms with Crippen molar-refractivity contribution in [2.45, 2.75) is 27.7 Å². The first-order valence-electron chi connectivity index (χ1n) is 3.86. The van der Waals surface area contributed by atoms with Crippen LogP contribution in [0.25, 0.3) is 0 Å². The van der Waals surface area contributed by atoms with Crippen molar-refractivity contribution in [2.24, 2.45) is 0 Å². The molecule has 0 fully saturated rings. The van der Waals surface area contributed by atoms with E-state index in [9.17, 15) is 4.79 Å². The third-order valence-corrected chi connectivity index (χ3v) is 0.348. The van der Waals surface area contributed by atoms with Crippen molar-refractivity contribution in [3.63, 3.8) is 0 Å². The number of carbonyl (C=O) groups excluding carboxylic acids is 1. The Balaban J connectivity index is -0.0000000332. The van der Waals surface area contributed by atoms with Gasteiger partial charge in [0.05, 0.1) is 6.61 Å². The van der Waals surface area contributed by atoms with E-state index in [1.807, 2.05) is 0 Å². The number of hydrogen-bond acceptors (Lipinski definition) is 4. The number of esters is 1. The molecule has 6 nitrogen and oxygen atoms in total. The molecule has 6 heteroatoms. The first-order valence-corrected chi connectivity index (χ1v) is 3.86. The molecule has 0 bridgehead atoms. The monoisotopic (exact) mass is 213 g/mol. The minimum absolute atomic E-state index is 0. The third kappa shape index (κ3) is 305. The summed E-state index contributed by atoms with van der Waals surface area (Å²) in [4.78, 5) is 18.8. The average Bonchev–Trinajstić information content (AvgIpc) is 1.86. The summed E-state index contributed by atoms with van der Waals surface area (Å²) in [5.41, 5.74) is 0. The van der Waals surface area contributed by atoms with Crippen LogP contribution in [-0.2, 0) is 14.3 Å². The van der Waals surface area contributed by atoms with Gasteiger partial charge >= 0.3 is 7.40 Å². The zero-order valence-corrected chi connectivity index (χ0v) is 9.03. The van der Waals surface area contributed by atoms with Gasteiger partial charge in [-0.3, -0.25) is 9.59 Å². The highest BCUT2D eigenvalue weighted by atomic mass is 16.5. The molecule has 0 amide bonds. The van der Waals surface area contributed by atoms with Crippen molar-refractivity contribution < 1.29 is 31.4 Å². The second-order valence-electron chi connectivity index (χ2n) is 1.76. The van der Waals surface area contributed by atoms with E-state index in [0.29, 0.717) is 6.61 Å². The Bertz CT molecular complexity index is 124. The van der Waals surface area contributed by atoms with Gasteiger partial charge in [0.15, 0.2) is 0 Å². The van der Waals surface area contributed by atoms with Crippen LogP contribution in [0.3, 0.4) is 0 Å². The molecule has 0 saturated heterocycles. The molecule has 0 aliphatic heterocycles. The highest BCUT2D eigenvalue weighted by Crippen LogP contribution is 1.69. The first-order chi connectivity index (χ1) is 5.92. The van der Waals surface area contributed by atoms with Crippen LogP contribution in [0.1, 0.15) is 29.1 Å². The molecule has 0 radical (unpaired) electrons. The molecule has 0 aromatic carbocycles. The fraction of sp³-hybridized carbons (Fsp3) is 0.750. The summed E-state index contributed by atoms with van der Waals surface area (Å²) in [5, 5.41) is 15.0. The molecule has 14 heavy (non-hydrogen) atoms. The van der Waals surface area contributed by atoms with Crippen molar-refractivity contribution in [1.29, 1.82) is 0 Å². The Kier molecular flexibility index (Phi) is 37.3. The Morgan fingerprint density at radius 1 is 1.29 bits per heavy atom. The van der Waals surface area contributed by atoms with E-state index >= 15 is 0 Å². The number of rotatable bonds is 1. The van der Waals surface area contributed by atoms with Crippen LogP contribution in [0.5, 0.6) is 0 Å². The second-order valence-corrected chi connectivity index (χ2v) is 1.76. The highest BCUT2D eigenvalue weighted by molar-refractivity contribution is 5.65. The summed E-state index contributed by atoms with van der Waals surface area (Å²) in [6.45, 7) is 6.67. The fourth-order valence-electron chi connectivity index (χ4n) is 0.203. The fourth-order valence-corrected chi connectivity index (χ4v) is 0.203. The number of carboxylic acids is 1. The van der Waals surface area contributed by atoms with Crippen LogP contribution in [0, 0.1) is 0 Å². The van der Waals surface area contributed by atoms with E-state index in [1.54, 1.807) is 13.8 Å². The van der Waals surface area contributed by atoms with E-state index in [1.165, 1.54) is 6.92 Å². The number of carboxylic acid groups (broad SMARTS) is 1. The number of aliphatic hydroxyl groups excluding tert-OH is 1. The molecular formula is C8H21O6+. The van der Waals surface area contributed by atoms with Crippen LogP contribution >= 0.6 is 0 Å². The number of aliphatic hydroxyl groups is 1. The van der Waals surface area contributed by atoms with Crippen LogP contribution < -0.4 is 0 Å². The topological polar surface area (TPSA) is 115 Å². The van der Waals surface area contributed by atoms with Crippen LogP contribution in [0.2, 0.25) is 0 Å². The van der Waals surface area contributed by atoms with Gasteiger partial charge in [-0.15, -0.1) is 0 Å². The molecule has 4 N–H and O–H groups in total. The lowest BCUT2D eigenvalue weighted by atomic mass is 10.8. The molecule has 88 valence electrons. The first kappa shape index (κ1) is 23.0. The Morgan fingerprint density at radius 2 is 1.50 bits per heavy atom. The molecule has 0 aliphatic carbocycles. The van der Waals surface area contributed by atoms with Crippen LogP contribution in [-0.4, -0.2) is 40.8 Å². The molecule has 0 aromatic rings. The summed E-state index contributed by atoms with van der Waals surface area (Å²) >= 11 is 0. The second kappa shape index (κ2) is 22.6. The standard InChI is InChI=1S/C4H8O2.C2H4O2.C2H6O.H2O/c1-3-6-4(2)5;1-2(3)4;1-2-3;/h3H2,1-2H3;1H3,(H,3,4);3H,2H2,1H3;1H2/p+1. The smallest absolute Gasteiger partial charge is 0.481 e. The predicted molar refractivity (Wildman–Crippen MR) is 53.1 cm³/mol. The minimum atomic E-state index is -0.833. The zero-order chi connectivity index (χ0) is 11.3. The lowest BCUT2D eigenvalue weighted by molar-refractivity contribution is -0.140. The zero-order valence-electron chi connectivity index (χ0n) is 10.0. The van der Waals surface area contributed by atoms with Crippen molar-refractivity contribution in [3.05, 3.63) is 0 Å². The molecule has 0 heterocycles. The number of aliphatic carboxylic acids is 1. The summed E-state index contributed by atoms with van der Waals surface area (Å²) in [6.07, 6.45) is 0. The van der Waals surface area contributed by atoms with Gasteiger partial charge in [0, 0.05) is 20.5 Å². The lowest BCUT2D eigenvalue weighted by Crippen LogP contribution is -1.95. The largest absolute Gasteiger partial charge is 1.00 e. The molecule has 0 saturated carbocycles. The average molecular weight is 213 g/mol. The molecular weight excluding hydrogens is 192 g/mol. The van der Waals surface area contributed by atoms with E-state index in [-0.39, 0.29) is 19.5 Å². The van der Waals surface area contributed by atoms with Gasteiger partial charge in [-0.2, -0.15) is 0 Å². The van der Waals surface area contributed by atoms with Crippen LogP contribution in [0.15, 0.2) is 0 Å². The van der Waals surface area contributed by atoms with Crippen molar-refractivity contribution >= 4 is 11.9 Å². The molecule has 0 rings (SSSR count). The predicted octanol–water partition coefficient (Wildman–Crippen LogP) is -0.0533. The lowest BCUT2D eigenvalue weighted by Gasteiger charge is -1.89. The molecule has 0 aromatic heterocycles. The number of carbonyl (C=O) groups is 2. The van der Waals surface area contributed by atoms with Gasteiger partial charge < -0.3 is 20.4 Å². The molecule has 0 spiro atoms. The Labute approximate surface area is 85.3 Å². The van der Waals surface area contributed by atoms with Gasteiger partial charge in [-0.05, 0) is 13.8 Å². The van der Waals surface area contributed by atoms with Gasteiger partial charge in [-0.1, -0.05) is 0 Å². The van der Waals surface area contributed by atoms with Gasteiger partial charge in [0.25, 0.3) is 5.97 Å². The Morgan fingerprint density at radius 3 is 1.50 bits per heavy atom. The summed E-state index contributed by atoms with van der Waals surface area (Å²) < 4.78 is 4.40. The van der Waals surface area contributed by atoms with E-state index in [0.717, 1.165) is 6.92 Å². The van der Waals surface area contributed by atoms with Gasteiger partial charge in [0.1, 0.15) is 0 Å². The summed E-state index contributed by atoms with van der Waals surface area (Å²) in [7, 11) is 0. The third-order valence-electron chi connectivity index (χ3n) is 0.348. The number of hydrogen-bond donors (Lipinski definition) is 2. The van der Waals surface area contributed by atoms with Crippen LogP contribution in [0.4, 0.5) is 0 Å². The highest BCUT2D eigenvalue weighted by Gasteiger charge is 1.81. The molecule has 0 aliphatic rings. The Hall–Kier alpha value is -1.14. The van der Waals surface area contributed by atoms with Gasteiger partial charge in [-0.25, -0.2) is 0 Å². The minimum Gasteiger partial charge on any atom is -0.481 e. The quantitative estimate of drug-likeness (QED) is 0.592. The maximum atomic E-state index is 9.82. The summed E-state index contributed by atoms with van der Waals surface area (Å²) in [6, 6.07) is 0. The maximum absolute atomic E-state index is 9.82. The number of ether oxygens (including phenoxy) is 1. The maximum Gasteiger partial charge on any atom is 1.00 e. The normalized spacial score (nSPS) is 6.36. The SMILES string of the molecule is CC(=O)O.CCO.CCOC(C)=O.O.[H+]. The van der Waals surface area contributed by atoms with E-state index < -0.39 is 5.97 Å². The van der Waals surface area contributed by atoms with Crippen molar-refractivity contribution in [3.8, 4) is 0 Å². The van der Waals surface area contributed by atoms with Crippen molar-refractivity contribution in [1.82, 2.24) is 0 Å². The van der Waals surface area contributed by atoms with Gasteiger partial charge in [0.2, 0.25) is 0 Å². The molecule has 0 unspecified atom stereocenters. The molecule has 0 atom stereocenters. The summed E-state index contributed by atoms with van der Waals surface area (Å²) in [5.74, 6) is -1.04. The van der Waals surface area contributed by atoms with Crippen molar-refractivity contribution in [2.75, 3.05) is 13.2 Å².